The normalized spacial score (nSPS) is 11.7. The highest BCUT2D eigenvalue weighted by atomic mass is 14.7. The van der Waals surface area contributed by atoms with Crippen LogP contribution in [0.2, 0.25) is 0 Å². The van der Waals surface area contributed by atoms with E-state index in [1.807, 2.05) is 13.8 Å². The van der Waals surface area contributed by atoms with Crippen molar-refractivity contribution in [1.82, 2.24) is 5.73 Å². The first-order chi connectivity index (χ1) is 5.47. The predicted octanol–water partition coefficient (Wildman–Crippen LogP) is 2.60. The molecule has 0 aliphatic rings. The molecule has 0 spiro atoms. The summed E-state index contributed by atoms with van der Waals surface area (Å²) in [7, 11) is 0. The van der Waals surface area contributed by atoms with Gasteiger partial charge in [-0.15, -0.1) is 0 Å². The van der Waals surface area contributed by atoms with Crippen molar-refractivity contribution >= 4 is 0 Å². The molecular formula is C11H16N. The molecule has 1 N–H and O–H groups in total. The lowest BCUT2D eigenvalue weighted by Crippen LogP contribution is -2.24. The Morgan fingerprint density at radius 3 is 2.08 bits per heavy atom. The van der Waals surface area contributed by atoms with E-state index in [1.165, 1.54) is 11.1 Å². The van der Waals surface area contributed by atoms with Gasteiger partial charge in [0.25, 0.3) is 0 Å². The largest absolute Gasteiger partial charge is 0.251 e. The zero-order valence-corrected chi connectivity index (χ0v) is 8.02. The van der Waals surface area contributed by atoms with Crippen molar-refractivity contribution in [3.05, 3.63) is 35.4 Å². The molecule has 0 amide bonds. The summed E-state index contributed by atoms with van der Waals surface area (Å²) in [5.74, 6) is 0. The lowest BCUT2D eigenvalue weighted by molar-refractivity contribution is 0.497. The highest BCUT2D eigenvalue weighted by Crippen LogP contribution is 2.11. The molecule has 1 rings (SSSR count). The molecule has 0 aliphatic carbocycles. The average molecular weight is 162 g/mol. The summed E-state index contributed by atoms with van der Waals surface area (Å²) in [4.78, 5) is 0. The van der Waals surface area contributed by atoms with Gasteiger partial charge in [0.05, 0.1) is 0 Å². The average Bonchev–Trinajstić information content (AvgIpc) is 1.91. The number of hydrogen-bond acceptors (Lipinski definition) is 0. The van der Waals surface area contributed by atoms with Gasteiger partial charge in [-0.25, -0.2) is 0 Å². The van der Waals surface area contributed by atoms with E-state index >= 15 is 0 Å². The molecular weight excluding hydrogens is 146 g/mol. The van der Waals surface area contributed by atoms with Crippen molar-refractivity contribution in [2.45, 2.75) is 32.7 Å². The summed E-state index contributed by atoms with van der Waals surface area (Å²) in [5, 5.41) is 0. The number of hydrogen-bond donors (Lipinski definition) is 0. The van der Waals surface area contributed by atoms with Crippen molar-refractivity contribution in [3.8, 4) is 0 Å². The Morgan fingerprint density at radius 2 is 1.67 bits per heavy atom. The predicted molar refractivity (Wildman–Crippen MR) is 52.1 cm³/mol. The molecule has 0 fully saturated rings. The minimum Gasteiger partial charge on any atom is -0.251 e. The molecule has 0 atom stereocenters. The second-order valence-electron chi connectivity index (χ2n) is 4.05. The van der Waals surface area contributed by atoms with Crippen LogP contribution in [0.1, 0.15) is 25.0 Å². The molecule has 65 valence electrons. The summed E-state index contributed by atoms with van der Waals surface area (Å²) < 4.78 is 0. The molecule has 1 aromatic rings. The van der Waals surface area contributed by atoms with Crippen LogP contribution in [0.15, 0.2) is 24.3 Å². The second-order valence-corrected chi connectivity index (χ2v) is 4.05. The van der Waals surface area contributed by atoms with Gasteiger partial charge >= 0.3 is 0 Å². The minimum absolute atomic E-state index is 0.352. The van der Waals surface area contributed by atoms with Crippen LogP contribution >= 0.6 is 0 Å². The van der Waals surface area contributed by atoms with Crippen LogP contribution in [0.5, 0.6) is 0 Å². The Labute approximate surface area is 74.6 Å². The smallest absolute Gasteiger partial charge is 0.0307 e. The first-order valence-corrected chi connectivity index (χ1v) is 4.28. The molecule has 1 heteroatoms. The Balaban J connectivity index is 2.71. The third kappa shape index (κ3) is 3.05. The van der Waals surface area contributed by atoms with Crippen LogP contribution in [-0.4, -0.2) is 5.54 Å². The van der Waals surface area contributed by atoms with E-state index in [0.29, 0.717) is 0 Å². The van der Waals surface area contributed by atoms with Crippen molar-refractivity contribution in [3.63, 3.8) is 0 Å². The first kappa shape index (κ1) is 9.27. The van der Waals surface area contributed by atoms with Crippen LogP contribution in [0, 0.1) is 6.92 Å². The van der Waals surface area contributed by atoms with Gasteiger partial charge in [0.1, 0.15) is 0 Å². The lowest BCUT2D eigenvalue weighted by Gasteiger charge is -2.16. The molecule has 0 aromatic heterocycles. The van der Waals surface area contributed by atoms with Crippen LogP contribution in [0.4, 0.5) is 0 Å². The summed E-state index contributed by atoms with van der Waals surface area (Å²) in [6, 6.07) is 8.40. The fourth-order valence-corrected chi connectivity index (χ4v) is 1.22. The number of rotatable bonds is 2. The zero-order valence-electron chi connectivity index (χ0n) is 8.02. The number of aryl methyl sites for hydroxylation is 1. The quantitative estimate of drug-likeness (QED) is 0.638. The molecule has 0 unspecified atom stereocenters. The van der Waals surface area contributed by atoms with Gasteiger partial charge in [-0.2, -0.15) is 0 Å². The zero-order chi connectivity index (χ0) is 9.19. The van der Waals surface area contributed by atoms with E-state index in [1.54, 1.807) is 0 Å². The molecule has 1 nitrogen and oxygen atoms in total. The summed E-state index contributed by atoms with van der Waals surface area (Å²) >= 11 is 0. The van der Waals surface area contributed by atoms with Gasteiger partial charge in [-0.05, 0) is 32.8 Å². The van der Waals surface area contributed by atoms with Crippen LogP contribution in [0.25, 0.3) is 0 Å². The van der Waals surface area contributed by atoms with Gasteiger partial charge < -0.3 is 0 Å². The SMILES string of the molecule is Cc1ccc(CC(C)(C)[NH])cc1. The fraction of sp³-hybridized carbons (Fsp3) is 0.455. The van der Waals surface area contributed by atoms with E-state index in [4.69, 9.17) is 5.73 Å². The van der Waals surface area contributed by atoms with Gasteiger partial charge in [0.15, 0.2) is 0 Å². The highest BCUT2D eigenvalue weighted by Gasteiger charge is 2.11. The molecule has 1 aromatic carbocycles. The first-order valence-electron chi connectivity index (χ1n) is 4.28. The molecule has 0 heterocycles. The van der Waals surface area contributed by atoms with Crippen LogP contribution in [-0.2, 0) is 6.42 Å². The standard InChI is InChI=1S/C11H16N/c1-9-4-6-10(7-5-9)8-11(2,3)12/h4-7,12H,8H2,1-3H3. The van der Waals surface area contributed by atoms with Crippen LogP contribution < -0.4 is 5.73 Å². The van der Waals surface area contributed by atoms with E-state index in [2.05, 4.69) is 31.2 Å². The maximum absolute atomic E-state index is 7.72. The van der Waals surface area contributed by atoms with Gasteiger partial charge in [0.2, 0.25) is 0 Å². The van der Waals surface area contributed by atoms with Crippen molar-refractivity contribution in [1.29, 1.82) is 0 Å². The summed E-state index contributed by atoms with van der Waals surface area (Å²) in [6.07, 6.45) is 0.827. The number of nitrogens with one attached hydrogen (secondary N) is 1. The molecule has 0 bridgehead atoms. The Hall–Kier alpha value is -0.820. The molecule has 0 aliphatic heterocycles. The van der Waals surface area contributed by atoms with E-state index < -0.39 is 0 Å². The third-order valence-corrected chi connectivity index (χ3v) is 1.77. The Bertz CT molecular complexity index is 241. The van der Waals surface area contributed by atoms with E-state index in [9.17, 15) is 0 Å². The van der Waals surface area contributed by atoms with Crippen molar-refractivity contribution < 1.29 is 0 Å². The Morgan fingerprint density at radius 1 is 1.17 bits per heavy atom. The Kier molecular flexibility index (Phi) is 2.53. The maximum atomic E-state index is 7.72. The minimum atomic E-state index is -0.352. The monoisotopic (exact) mass is 162 g/mol. The number of benzene rings is 1. The summed E-state index contributed by atoms with van der Waals surface area (Å²) in [5.41, 5.74) is 9.90. The molecule has 0 saturated carbocycles. The van der Waals surface area contributed by atoms with Gasteiger partial charge in [0, 0.05) is 5.54 Å². The fourth-order valence-electron chi connectivity index (χ4n) is 1.22. The topological polar surface area (TPSA) is 23.8 Å². The summed E-state index contributed by atoms with van der Waals surface area (Å²) in [6.45, 7) is 5.95. The highest BCUT2D eigenvalue weighted by molar-refractivity contribution is 5.22. The molecule has 1 radical (unpaired) electrons. The van der Waals surface area contributed by atoms with Gasteiger partial charge in [-0.1, -0.05) is 29.8 Å². The van der Waals surface area contributed by atoms with E-state index in [-0.39, 0.29) is 5.54 Å². The molecule has 0 saturated heterocycles. The second kappa shape index (κ2) is 3.28. The lowest BCUT2D eigenvalue weighted by atomic mass is 9.96. The van der Waals surface area contributed by atoms with Crippen LogP contribution in [0.3, 0.4) is 0 Å². The molecule has 12 heavy (non-hydrogen) atoms. The maximum Gasteiger partial charge on any atom is 0.0307 e. The van der Waals surface area contributed by atoms with Crippen molar-refractivity contribution in [2.75, 3.05) is 0 Å². The van der Waals surface area contributed by atoms with Gasteiger partial charge in [-0.3, -0.25) is 5.73 Å². The third-order valence-electron chi connectivity index (χ3n) is 1.77. The van der Waals surface area contributed by atoms with E-state index in [0.717, 1.165) is 6.42 Å². The van der Waals surface area contributed by atoms with Crippen molar-refractivity contribution in [2.24, 2.45) is 0 Å².